The lowest BCUT2D eigenvalue weighted by Crippen LogP contribution is -2.37. The number of fused-ring (bicyclic) bond motifs is 1. The van der Waals surface area contributed by atoms with Gasteiger partial charge in [0.05, 0.1) is 0 Å². The lowest BCUT2D eigenvalue weighted by molar-refractivity contribution is 0.171. The molecule has 1 aliphatic carbocycles. The first-order valence-electron chi connectivity index (χ1n) is 12.4. The van der Waals surface area contributed by atoms with Gasteiger partial charge in [0.2, 0.25) is 0 Å². The van der Waals surface area contributed by atoms with Gasteiger partial charge in [-0.25, -0.2) is 0 Å². The first-order chi connectivity index (χ1) is 13.5. The van der Waals surface area contributed by atoms with Crippen molar-refractivity contribution >= 4 is 0 Å². The Bertz CT molecular complexity index is 525. The van der Waals surface area contributed by atoms with E-state index in [1.54, 1.807) is 11.1 Å². The van der Waals surface area contributed by atoms with Gasteiger partial charge in [-0.2, -0.15) is 0 Å². The summed E-state index contributed by atoms with van der Waals surface area (Å²) < 4.78 is 0. The minimum atomic E-state index is 0.672. The van der Waals surface area contributed by atoms with Crippen LogP contribution in [0.5, 0.6) is 0 Å². The van der Waals surface area contributed by atoms with Crippen molar-refractivity contribution in [3.05, 3.63) is 35.4 Å². The third-order valence-electron chi connectivity index (χ3n) is 6.99. The fraction of sp³-hybridized carbons (Fsp3) is 0.778. The quantitative estimate of drug-likeness (QED) is 0.293. The largest absolute Gasteiger partial charge is 0.299 e. The molecule has 0 fully saturated rings. The predicted molar refractivity (Wildman–Crippen MR) is 125 cm³/mol. The maximum Gasteiger partial charge on any atom is 0.00412 e. The van der Waals surface area contributed by atoms with Gasteiger partial charge in [-0.3, -0.25) is 4.90 Å². The minimum Gasteiger partial charge on any atom is -0.299 e. The van der Waals surface area contributed by atoms with Crippen LogP contribution in [0.25, 0.3) is 0 Å². The van der Waals surface area contributed by atoms with E-state index in [4.69, 9.17) is 0 Å². The Morgan fingerprint density at radius 3 is 2.18 bits per heavy atom. The molecule has 1 aromatic rings. The molecule has 0 radical (unpaired) electrons. The zero-order chi connectivity index (χ0) is 20.4. The molecule has 0 spiro atoms. The Morgan fingerprint density at radius 1 is 0.857 bits per heavy atom. The molecule has 0 aliphatic heterocycles. The fourth-order valence-electron chi connectivity index (χ4n) is 5.45. The molecule has 0 bridgehead atoms. The topological polar surface area (TPSA) is 3.24 Å². The van der Waals surface area contributed by atoms with Crippen LogP contribution in [0.3, 0.4) is 0 Å². The summed E-state index contributed by atoms with van der Waals surface area (Å²) in [5.41, 5.74) is 3.32. The Morgan fingerprint density at radius 2 is 1.50 bits per heavy atom. The Labute approximate surface area is 176 Å². The molecule has 2 atom stereocenters. The zero-order valence-electron chi connectivity index (χ0n) is 19.6. The molecule has 2 unspecified atom stereocenters. The summed E-state index contributed by atoms with van der Waals surface area (Å²) in [6.45, 7) is 12.9. The summed E-state index contributed by atoms with van der Waals surface area (Å²) in [7, 11) is 0. The lowest BCUT2D eigenvalue weighted by Gasteiger charge is -2.30. The molecule has 28 heavy (non-hydrogen) atoms. The van der Waals surface area contributed by atoms with Crippen LogP contribution >= 0.6 is 0 Å². The highest BCUT2D eigenvalue weighted by molar-refractivity contribution is 5.35. The van der Waals surface area contributed by atoms with Crippen LogP contribution in [0.15, 0.2) is 24.3 Å². The lowest BCUT2D eigenvalue weighted by atomic mass is 9.80. The van der Waals surface area contributed by atoms with Gasteiger partial charge in [-0.15, -0.1) is 0 Å². The van der Waals surface area contributed by atoms with Crippen molar-refractivity contribution in [2.45, 2.75) is 123 Å². The van der Waals surface area contributed by atoms with E-state index in [1.807, 2.05) is 0 Å². The van der Waals surface area contributed by atoms with Crippen molar-refractivity contribution in [2.75, 3.05) is 6.54 Å². The van der Waals surface area contributed by atoms with E-state index < -0.39 is 0 Å². The second kappa shape index (κ2) is 12.7. The molecule has 1 heteroatoms. The molecule has 0 saturated heterocycles. The zero-order valence-corrected chi connectivity index (χ0v) is 19.6. The highest BCUT2D eigenvalue weighted by Crippen LogP contribution is 2.42. The fourth-order valence-corrected chi connectivity index (χ4v) is 5.45. The predicted octanol–water partition coefficient (Wildman–Crippen LogP) is 7.98. The minimum absolute atomic E-state index is 0.672. The number of nitrogens with zero attached hydrogens (tertiary/aromatic N) is 1. The van der Waals surface area contributed by atoms with Gasteiger partial charge in [0, 0.05) is 12.1 Å². The molecule has 1 aromatic carbocycles. The summed E-state index contributed by atoms with van der Waals surface area (Å²) in [6.07, 6.45) is 15.4. The second-order valence-electron chi connectivity index (χ2n) is 9.73. The van der Waals surface area contributed by atoms with Gasteiger partial charge >= 0.3 is 0 Å². The number of benzene rings is 1. The standard InChI is InChI=1S/C27H47N/c1-6-7-10-15-24(27-20-19-25-17-12-13-18-26(25)27)16-11-8-9-14-21-28(22(2)3)23(4)5/h12-13,17-18,22-24,27H,6-11,14-16,19-21H2,1-5H3. The molecule has 0 N–H and O–H groups in total. The molecule has 0 amide bonds. The van der Waals surface area contributed by atoms with Crippen molar-refractivity contribution in [3.8, 4) is 0 Å². The Balaban J connectivity index is 1.77. The summed E-state index contributed by atoms with van der Waals surface area (Å²) in [6, 6.07) is 10.6. The monoisotopic (exact) mass is 385 g/mol. The number of hydrogen-bond donors (Lipinski definition) is 0. The van der Waals surface area contributed by atoms with Gasteiger partial charge in [0.15, 0.2) is 0 Å². The molecule has 1 aliphatic rings. The summed E-state index contributed by atoms with van der Waals surface area (Å²) in [5, 5.41) is 0. The van der Waals surface area contributed by atoms with Crippen LogP contribution in [0.1, 0.15) is 116 Å². The van der Waals surface area contributed by atoms with Crippen LogP contribution in [-0.4, -0.2) is 23.5 Å². The van der Waals surface area contributed by atoms with Crippen LogP contribution in [0, 0.1) is 5.92 Å². The van der Waals surface area contributed by atoms with Crippen molar-refractivity contribution in [2.24, 2.45) is 5.92 Å². The van der Waals surface area contributed by atoms with E-state index in [1.165, 1.54) is 77.2 Å². The number of rotatable bonds is 14. The molecular weight excluding hydrogens is 338 g/mol. The first-order valence-corrected chi connectivity index (χ1v) is 12.4. The van der Waals surface area contributed by atoms with E-state index in [9.17, 15) is 0 Å². The number of aryl methyl sites for hydroxylation is 1. The maximum atomic E-state index is 2.64. The molecule has 0 heterocycles. The van der Waals surface area contributed by atoms with E-state index in [-0.39, 0.29) is 0 Å². The average molecular weight is 386 g/mol. The Hall–Kier alpha value is -0.820. The SMILES string of the molecule is CCCCCC(CCCCCCN(C(C)C)C(C)C)C1CCc2ccccc21. The molecule has 2 rings (SSSR count). The number of unbranched alkanes of at least 4 members (excludes halogenated alkanes) is 5. The highest BCUT2D eigenvalue weighted by atomic mass is 15.2. The van der Waals surface area contributed by atoms with E-state index in [0.29, 0.717) is 12.1 Å². The summed E-state index contributed by atoms with van der Waals surface area (Å²) in [4.78, 5) is 2.64. The third kappa shape index (κ3) is 7.21. The molecule has 0 saturated carbocycles. The van der Waals surface area contributed by atoms with Gasteiger partial charge < -0.3 is 0 Å². The molecular formula is C27H47N. The van der Waals surface area contributed by atoms with Gasteiger partial charge in [0.1, 0.15) is 0 Å². The van der Waals surface area contributed by atoms with Crippen LogP contribution in [0.2, 0.25) is 0 Å². The average Bonchev–Trinajstić information content (AvgIpc) is 3.09. The van der Waals surface area contributed by atoms with E-state index in [2.05, 4.69) is 63.8 Å². The van der Waals surface area contributed by atoms with Gasteiger partial charge in [-0.1, -0.05) is 69.7 Å². The maximum absolute atomic E-state index is 2.64. The van der Waals surface area contributed by atoms with E-state index >= 15 is 0 Å². The second-order valence-corrected chi connectivity index (χ2v) is 9.73. The highest BCUT2D eigenvalue weighted by Gasteiger charge is 2.28. The van der Waals surface area contributed by atoms with E-state index in [0.717, 1.165) is 11.8 Å². The van der Waals surface area contributed by atoms with Crippen molar-refractivity contribution in [1.82, 2.24) is 4.90 Å². The third-order valence-corrected chi connectivity index (χ3v) is 6.99. The summed E-state index contributed by atoms with van der Waals surface area (Å²) >= 11 is 0. The van der Waals surface area contributed by atoms with Gasteiger partial charge in [-0.05, 0) is 89.3 Å². The van der Waals surface area contributed by atoms with Crippen LogP contribution < -0.4 is 0 Å². The smallest absolute Gasteiger partial charge is 0.00412 e. The molecule has 1 nitrogen and oxygen atoms in total. The van der Waals surface area contributed by atoms with Crippen molar-refractivity contribution in [1.29, 1.82) is 0 Å². The first kappa shape index (κ1) is 23.5. The molecule has 0 aromatic heterocycles. The molecule has 160 valence electrons. The van der Waals surface area contributed by atoms with Crippen molar-refractivity contribution in [3.63, 3.8) is 0 Å². The normalized spacial score (nSPS) is 17.6. The van der Waals surface area contributed by atoms with Crippen LogP contribution in [0.4, 0.5) is 0 Å². The van der Waals surface area contributed by atoms with Gasteiger partial charge in [0.25, 0.3) is 0 Å². The van der Waals surface area contributed by atoms with Crippen LogP contribution in [-0.2, 0) is 6.42 Å². The summed E-state index contributed by atoms with van der Waals surface area (Å²) in [5.74, 6) is 1.75. The Kier molecular flexibility index (Phi) is 10.6. The number of hydrogen-bond acceptors (Lipinski definition) is 1. The van der Waals surface area contributed by atoms with Crippen molar-refractivity contribution < 1.29 is 0 Å².